The molecule has 3 rings (SSSR count). The number of Topliss-reactive ketones (excluding diaryl/α,β-unsaturated/α-hetero) is 1. The van der Waals surface area contributed by atoms with Gasteiger partial charge < -0.3 is 10.2 Å². The molecule has 0 aromatic heterocycles. The van der Waals surface area contributed by atoms with Crippen molar-refractivity contribution in [1.82, 2.24) is 5.32 Å². The van der Waals surface area contributed by atoms with E-state index in [1.54, 1.807) is 6.92 Å². The number of quaternary nitrogens is 1. The first-order chi connectivity index (χ1) is 13.6. The molecule has 0 aliphatic carbocycles. The molecule has 1 heterocycles. The third-order valence-corrected chi connectivity index (χ3v) is 5.70. The molecule has 1 amide bonds. The molecule has 2 aromatic rings. The van der Waals surface area contributed by atoms with E-state index >= 15 is 0 Å². The summed E-state index contributed by atoms with van der Waals surface area (Å²) in [6, 6.07) is 20.1. The maximum Gasteiger partial charge on any atom is 0.275 e. The lowest BCUT2D eigenvalue weighted by atomic mass is 9.90. The van der Waals surface area contributed by atoms with Gasteiger partial charge in [0.2, 0.25) is 0 Å². The predicted molar refractivity (Wildman–Crippen MR) is 111 cm³/mol. The standard InChI is InChI=1S/C24H30N2O2/c1-19(27)23(17-21-10-6-3-7-11-21)25-24(28)18-26-14-12-22(13-15-26)16-20-8-4-2-5-9-20/h2-11,22-23H,12-18H2,1H3,(H,25,28)/p+1/t23-/m1/s1. The summed E-state index contributed by atoms with van der Waals surface area (Å²) < 4.78 is 0. The van der Waals surface area contributed by atoms with E-state index in [-0.39, 0.29) is 11.7 Å². The average molecular weight is 380 g/mol. The molecule has 2 N–H and O–H groups in total. The first-order valence-electron chi connectivity index (χ1n) is 10.3. The van der Waals surface area contributed by atoms with Gasteiger partial charge >= 0.3 is 0 Å². The molecular weight excluding hydrogens is 348 g/mol. The molecule has 0 radical (unpaired) electrons. The van der Waals surface area contributed by atoms with Gasteiger partial charge in [-0.05, 0) is 49.7 Å². The monoisotopic (exact) mass is 379 g/mol. The molecule has 28 heavy (non-hydrogen) atoms. The first kappa shape index (κ1) is 20.3. The molecule has 0 unspecified atom stereocenters. The summed E-state index contributed by atoms with van der Waals surface area (Å²) in [5.41, 5.74) is 2.47. The van der Waals surface area contributed by atoms with E-state index in [1.165, 1.54) is 10.5 Å². The van der Waals surface area contributed by atoms with Crippen LogP contribution in [0.1, 0.15) is 30.9 Å². The second-order valence-electron chi connectivity index (χ2n) is 7.98. The fraction of sp³-hybridized carbons (Fsp3) is 0.417. The Kier molecular flexibility index (Phi) is 7.38. The Labute approximate surface area is 167 Å². The zero-order chi connectivity index (χ0) is 19.8. The van der Waals surface area contributed by atoms with E-state index in [4.69, 9.17) is 0 Å². The maximum atomic E-state index is 12.5. The largest absolute Gasteiger partial charge is 0.341 e. The number of carbonyl (C=O) groups excluding carboxylic acids is 2. The molecule has 148 valence electrons. The lowest BCUT2D eigenvalue weighted by Crippen LogP contribution is -3.14. The van der Waals surface area contributed by atoms with Crippen LogP contribution in [0.25, 0.3) is 0 Å². The smallest absolute Gasteiger partial charge is 0.275 e. The van der Waals surface area contributed by atoms with Crippen molar-refractivity contribution in [1.29, 1.82) is 0 Å². The molecule has 1 saturated heterocycles. The molecule has 1 aliphatic rings. The number of likely N-dealkylation sites (tertiary alicyclic amines) is 1. The highest BCUT2D eigenvalue weighted by molar-refractivity contribution is 5.88. The summed E-state index contributed by atoms with van der Waals surface area (Å²) in [4.78, 5) is 25.8. The molecule has 0 saturated carbocycles. The minimum atomic E-state index is -0.440. The summed E-state index contributed by atoms with van der Waals surface area (Å²) in [5.74, 6) is 0.693. The lowest BCUT2D eigenvalue weighted by molar-refractivity contribution is -0.898. The zero-order valence-electron chi connectivity index (χ0n) is 16.7. The second kappa shape index (κ2) is 10.2. The van der Waals surface area contributed by atoms with Crippen molar-refractivity contribution in [3.8, 4) is 0 Å². The highest BCUT2D eigenvalue weighted by Gasteiger charge is 2.25. The van der Waals surface area contributed by atoms with E-state index in [1.807, 2.05) is 30.3 Å². The fourth-order valence-electron chi connectivity index (χ4n) is 4.03. The van der Waals surface area contributed by atoms with Gasteiger partial charge in [-0.15, -0.1) is 0 Å². The number of carbonyl (C=O) groups is 2. The number of rotatable bonds is 8. The van der Waals surface area contributed by atoms with Crippen LogP contribution in [-0.4, -0.2) is 37.4 Å². The third-order valence-electron chi connectivity index (χ3n) is 5.70. The minimum Gasteiger partial charge on any atom is -0.341 e. The van der Waals surface area contributed by atoms with Crippen molar-refractivity contribution in [2.45, 2.75) is 38.6 Å². The maximum absolute atomic E-state index is 12.5. The topological polar surface area (TPSA) is 50.6 Å². The lowest BCUT2D eigenvalue weighted by Gasteiger charge is -2.29. The summed E-state index contributed by atoms with van der Waals surface area (Å²) in [5, 5.41) is 2.95. The Hall–Kier alpha value is -2.46. The zero-order valence-corrected chi connectivity index (χ0v) is 16.7. The minimum absolute atomic E-state index is 0.00812. The highest BCUT2D eigenvalue weighted by Crippen LogP contribution is 2.16. The van der Waals surface area contributed by atoms with Gasteiger partial charge in [-0.2, -0.15) is 0 Å². The van der Waals surface area contributed by atoms with Gasteiger partial charge in [0, 0.05) is 0 Å². The molecule has 1 aliphatic heterocycles. The van der Waals surface area contributed by atoms with Crippen molar-refractivity contribution >= 4 is 11.7 Å². The van der Waals surface area contributed by atoms with Gasteiger partial charge in [0.25, 0.3) is 5.91 Å². The number of nitrogens with one attached hydrogen (secondary N) is 2. The van der Waals surface area contributed by atoms with Gasteiger partial charge in [0.05, 0.1) is 19.1 Å². The van der Waals surface area contributed by atoms with Crippen molar-refractivity contribution < 1.29 is 14.5 Å². The van der Waals surface area contributed by atoms with Gasteiger partial charge in [-0.25, -0.2) is 0 Å². The molecule has 4 nitrogen and oxygen atoms in total. The number of hydrogen-bond acceptors (Lipinski definition) is 2. The van der Waals surface area contributed by atoms with Crippen LogP contribution in [0, 0.1) is 5.92 Å². The van der Waals surface area contributed by atoms with Crippen molar-refractivity contribution in [3.63, 3.8) is 0 Å². The average Bonchev–Trinajstić information content (AvgIpc) is 2.70. The van der Waals surface area contributed by atoms with Crippen LogP contribution >= 0.6 is 0 Å². The molecule has 0 spiro atoms. The normalized spacial score (nSPS) is 20.3. The van der Waals surface area contributed by atoms with Crippen molar-refractivity contribution in [2.75, 3.05) is 19.6 Å². The van der Waals surface area contributed by atoms with Gasteiger partial charge in [-0.1, -0.05) is 60.7 Å². The quantitative estimate of drug-likeness (QED) is 0.735. The number of amides is 1. The third kappa shape index (κ3) is 6.31. The van der Waals surface area contributed by atoms with E-state index in [2.05, 4.69) is 35.6 Å². The van der Waals surface area contributed by atoms with Gasteiger partial charge in [0.1, 0.15) is 0 Å². The molecule has 4 heteroatoms. The van der Waals surface area contributed by atoms with Crippen LogP contribution in [0.15, 0.2) is 60.7 Å². The number of hydrogen-bond donors (Lipinski definition) is 2. The van der Waals surface area contributed by atoms with Crippen molar-refractivity contribution in [3.05, 3.63) is 71.8 Å². The van der Waals surface area contributed by atoms with Crippen LogP contribution in [0.3, 0.4) is 0 Å². The Morgan fingerprint density at radius 2 is 1.54 bits per heavy atom. The van der Waals surface area contributed by atoms with E-state index in [0.29, 0.717) is 18.9 Å². The highest BCUT2D eigenvalue weighted by atomic mass is 16.2. The van der Waals surface area contributed by atoms with Crippen LogP contribution in [0.5, 0.6) is 0 Å². The van der Waals surface area contributed by atoms with Gasteiger partial charge in [0.15, 0.2) is 12.3 Å². The predicted octanol–water partition coefficient (Wildman–Crippen LogP) is 1.84. The number of ketones is 1. The number of piperidine rings is 1. The van der Waals surface area contributed by atoms with Crippen LogP contribution in [-0.2, 0) is 22.4 Å². The molecule has 0 bridgehead atoms. The Morgan fingerprint density at radius 3 is 2.11 bits per heavy atom. The molecular formula is C24H31N2O2+. The van der Waals surface area contributed by atoms with E-state index < -0.39 is 6.04 Å². The summed E-state index contributed by atoms with van der Waals surface area (Å²) in [6.45, 7) is 4.05. The second-order valence-corrected chi connectivity index (χ2v) is 7.98. The summed E-state index contributed by atoms with van der Waals surface area (Å²) in [6.07, 6.45) is 3.98. The Bertz CT molecular complexity index is 753. The van der Waals surface area contributed by atoms with Crippen LogP contribution in [0.2, 0.25) is 0 Å². The fourth-order valence-corrected chi connectivity index (χ4v) is 4.03. The van der Waals surface area contributed by atoms with E-state index in [0.717, 1.165) is 37.9 Å². The molecule has 2 aromatic carbocycles. The van der Waals surface area contributed by atoms with Crippen LogP contribution in [0.4, 0.5) is 0 Å². The molecule has 1 fully saturated rings. The first-order valence-corrected chi connectivity index (χ1v) is 10.3. The SMILES string of the molecule is CC(=O)[C@@H](Cc1ccccc1)NC(=O)C[NH+]1CCC(Cc2ccccc2)CC1. The Morgan fingerprint density at radius 1 is 0.964 bits per heavy atom. The summed E-state index contributed by atoms with van der Waals surface area (Å²) >= 11 is 0. The van der Waals surface area contributed by atoms with Gasteiger partial charge in [-0.3, -0.25) is 9.59 Å². The molecule has 1 atom stereocenters. The van der Waals surface area contributed by atoms with Crippen LogP contribution < -0.4 is 10.2 Å². The summed E-state index contributed by atoms with van der Waals surface area (Å²) in [7, 11) is 0. The van der Waals surface area contributed by atoms with E-state index in [9.17, 15) is 9.59 Å². The number of benzene rings is 2. The van der Waals surface area contributed by atoms with Crippen molar-refractivity contribution in [2.24, 2.45) is 5.92 Å². The Balaban J connectivity index is 1.43.